The van der Waals surface area contributed by atoms with Crippen molar-refractivity contribution in [2.45, 2.75) is 439 Å². The number of ether oxygens (including phenoxy) is 4. The van der Waals surface area contributed by atoms with Gasteiger partial charge in [0.25, 0.3) is 0 Å². The second kappa shape index (κ2) is 71.7. The summed E-state index contributed by atoms with van der Waals surface area (Å²) >= 11 is 0. The molecule has 0 aliphatic carbocycles. The average Bonchev–Trinajstić information content (AvgIpc) is 1.01. The molecule has 6 atom stereocenters. The lowest BCUT2D eigenvalue weighted by atomic mass is 10.00. The molecule has 0 aliphatic heterocycles. The molecule has 0 amide bonds. The molecule has 0 rings (SSSR count). The van der Waals surface area contributed by atoms with E-state index in [0.29, 0.717) is 25.7 Å². The number of hydrogen-bond donors (Lipinski definition) is 3. The number of rotatable bonds is 79. The topological polar surface area (TPSA) is 237 Å². The van der Waals surface area contributed by atoms with Crippen molar-refractivity contribution in [1.82, 2.24) is 0 Å². The van der Waals surface area contributed by atoms with Crippen LogP contribution in [0, 0.1) is 11.8 Å². The zero-order valence-corrected chi connectivity index (χ0v) is 66.6. The van der Waals surface area contributed by atoms with Gasteiger partial charge in [-0.3, -0.25) is 37.3 Å². The molecule has 0 bridgehead atoms. The third kappa shape index (κ3) is 72.8. The van der Waals surface area contributed by atoms with E-state index in [1.807, 2.05) is 0 Å². The zero-order valence-electron chi connectivity index (χ0n) is 64.8. The highest BCUT2D eigenvalue weighted by Gasteiger charge is 2.30. The third-order valence-electron chi connectivity index (χ3n) is 19.1. The minimum absolute atomic E-state index is 0.104. The van der Waals surface area contributed by atoms with Gasteiger partial charge in [0.05, 0.1) is 26.4 Å². The lowest BCUT2D eigenvalue weighted by Crippen LogP contribution is -2.30. The molecule has 588 valence electrons. The Morgan fingerprint density at radius 1 is 0.293 bits per heavy atom. The molecule has 0 heterocycles. The van der Waals surface area contributed by atoms with Crippen molar-refractivity contribution >= 4 is 39.5 Å². The van der Waals surface area contributed by atoms with Crippen molar-refractivity contribution in [2.75, 3.05) is 39.6 Å². The number of aliphatic hydroxyl groups is 1. The van der Waals surface area contributed by atoms with Crippen LogP contribution in [0.2, 0.25) is 0 Å². The summed E-state index contributed by atoms with van der Waals surface area (Å²) in [6.07, 6.45) is 61.3. The first kappa shape index (κ1) is 97.1. The predicted molar refractivity (Wildman–Crippen MR) is 405 cm³/mol. The Morgan fingerprint density at radius 2 is 0.515 bits per heavy atom. The van der Waals surface area contributed by atoms with Crippen molar-refractivity contribution in [3.63, 3.8) is 0 Å². The molecule has 0 radical (unpaired) electrons. The summed E-state index contributed by atoms with van der Waals surface area (Å²) in [6.45, 7) is 9.54. The number of carbonyl (C=O) groups is 4. The van der Waals surface area contributed by atoms with Crippen molar-refractivity contribution in [3.05, 3.63) is 0 Å². The van der Waals surface area contributed by atoms with Crippen molar-refractivity contribution < 1.29 is 80.2 Å². The standard InChI is InChI=1S/C80H156O17P2/c1-7-10-12-14-16-18-20-22-24-26-27-28-29-31-33-35-37-39-44-52-58-64-79(84)96-75(68-90-77(82)62-56-50-43-38-36-34-32-30-25-23-21-19-17-15-13-11-8-2)70-94-98(86,87)92-66-74(81)67-93-99(88,89)95-71-76(69-91-78(83)63-57-51-47-46-49-55-61-73(6)9-3)97-80(85)65-59-53-45-41-40-42-48-54-60-72(4)5/h72-76,81H,7-71H2,1-6H3,(H,86,87)(H,88,89)/t73?,74-,75-,76-/m1/s1. The molecule has 17 nitrogen and oxygen atoms in total. The summed E-state index contributed by atoms with van der Waals surface area (Å²) in [5, 5.41) is 10.6. The van der Waals surface area contributed by atoms with E-state index in [-0.39, 0.29) is 25.7 Å². The van der Waals surface area contributed by atoms with Crippen molar-refractivity contribution in [1.29, 1.82) is 0 Å². The van der Waals surface area contributed by atoms with Gasteiger partial charge >= 0.3 is 39.5 Å². The van der Waals surface area contributed by atoms with Crippen LogP contribution in [-0.2, 0) is 65.4 Å². The molecule has 0 saturated heterocycles. The Labute approximate surface area is 607 Å². The Kier molecular flexibility index (Phi) is 70.3. The van der Waals surface area contributed by atoms with Gasteiger partial charge in [0, 0.05) is 25.7 Å². The fraction of sp³-hybridized carbons (Fsp3) is 0.950. The molecule has 0 aromatic rings. The first-order valence-corrected chi connectivity index (χ1v) is 44.5. The van der Waals surface area contributed by atoms with E-state index in [1.54, 1.807) is 0 Å². The molecular weight excluding hydrogens is 1290 g/mol. The summed E-state index contributed by atoms with van der Waals surface area (Å²) in [4.78, 5) is 72.9. The molecular formula is C80H156O17P2. The van der Waals surface area contributed by atoms with Crippen LogP contribution >= 0.6 is 15.6 Å². The molecule has 19 heteroatoms. The Bertz CT molecular complexity index is 1910. The first-order chi connectivity index (χ1) is 47.9. The number of carbonyl (C=O) groups excluding carboxylic acids is 4. The van der Waals surface area contributed by atoms with Crippen LogP contribution in [-0.4, -0.2) is 96.7 Å². The molecule has 0 fully saturated rings. The summed E-state index contributed by atoms with van der Waals surface area (Å²) in [6, 6.07) is 0. The van der Waals surface area contributed by atoms with Gasteiger partial charge in [0.2, 0.25) is 0 Å². The molecule has 3 N–H and O–H groups in total. The van der Waals surface area contributed by atoms with Gasteiger partial charge in [-0.1, -0.05) is 369 Å². The molecule has 0 spiro atoms. The van der Waals surface area contributed by atoms with E-state index >= 15 is 0 Å². The lowest BCUT2D eigenvalue weighted by Gasteiger charge is -2.21. The van der Waals surface area contributed by atoms with E-state index in [0.717, 1.165) is 108 Å². The predicted octanol–water partition coefficient (Wildman–Crippen LogP) is 23.9. The fourth-order valence-corrected chi connectivity index (χ4v) is 13.9. The van der Waals surface area contributed by atoms with Crippen LogP contribution in [0.1, 0.15) is 420 Å². The number of hydrogen-bond acceptors (Lipinski definition) is 15. The largest absolute Gasteiger partial charge is 0.472 e. The Balaban J connectivity index is 5.21. The van der Waals surface area contributed by atoms with Gasteiger partial charge < -0.3 is 33.8 Å². The van der Waals surface area contributed by atoms with Crippen molar-refractivity contribution in [2.24, 2.45) is 11.8 Å². The number of esters is 4. The van der Waals surface area contributed by atoms with Gasteiger partial charge in [-0.05, 0) is 37.5 Å². The number of unbranched alkanes of at least 4 members (excludes halogenated alkanes) is 48. The second-order valence-corrected chi connectivity index (χ2v) is 32.4. The maximum absolute atomic E-state index is 13.1. The van der Waals surface area contributed by atoms with E-state index in [1.165, 1.54) is 231 Å². The smallest absolute Gasteiger partial charge is 0.462 e. The molecule has 0 aromatic heterocycles. The summed E-state index contributed by atoms with van der Waals surface area (Å²) in [7, 11) is -9.92. The average molecular weight is 1450 g/mol. The van der Waals surface area contributed by atoms with Crippen LogP contribution in [0.25, 0.3) is 0 Å². The summed E-state index contributed by atoms with van der Waals surface area (Å²) < 4.78 is 68.6. The van der Waals surface area contributed by atoms with Crippen LogP contribution in [0.3, 0.4) is 0 Å². The number of phosphoric ester groups is 2. The van der Waals surface area contributed by atoms with E-state index in [4.69, 9.17) is 37.0 Å². The summed E-state index contributed by atoms with van der Waals surface area (Å²) in [5.74, 6) is -0.665. The van der Waals surface area contributed by atoms with Gasteiger partial charge in [-0.15, -0.1) is 0 Å². The maximum Gasteiger partial charge on any atom is 0.472 e. The van der Waals surface area contributed by atoms with Gasteiger partial charge in [-0.25, -0.2) is 9.13 Å². The van der Waals surface area contributed by atoms with Crippen LogP contribution < -0.4 is 0 Å². The maximum atomic E-state index is 13.1. The molecule has 0 aliphatic rings. The third-order valence-corrected chi connectivity index (χ3v) is 21.0. The normalized spacial score (nSPS) is 14.2. The van der Waals surface area contributed by atoms with Crippen molar-refractivity contribution in [3.8, 4) is 0 Å². The highest BCUT2D eigenvalue weighted by atomic mass is 31.2. The highest BCUT2D eigenvalue weighted by Crippen LogP contribution is 2.45. The van der Waals surface area contributed by atoms with E-state index in [9.17, 15) is 43.2 Å². The van der Waals surface area contributed by atoms with Crippen LogP contribution in [0.15, 0.2) is 0 Å². The highest BCUT2D eigenvalue weighted by molar-refractivity contribution is 7.47. The second-order valence-electron chi connectivity index (χ2n) is 29.5. The SMILES string of the molecule is CCCCCCCCCCCCCCCCCCCCCCCC(=O)O[C@H](COC(=O)CCCCCCCCCCCCCCCCCCC)COP(=O)(O)OC[C@@H](O)COP(=O)(O)OC[C@@H](COC(=O)CCCCCCCCC(C)CC)OC(=O)CCCCCCCCCCC(C)C. The van der Waals surface area contributed by atoms with Gasteiger partial charge in [0.15, 0.2) is 12.2 Å². The number of aliphatic hydroxyl groups excluding tert-OH is 1. The van der Waals surface area contributed by atoms with Crippen LogP contribution in [0.5, 0.6) is 0 Å². The molecule has 0 aromatic carbocycles. The Hall–Kier alpha value is -1.94. The van der Waals surface area contributed by atoms with E-state index < -0.39 is 97.5 Å². The van der Waals surface area contributed by atoms with Gasteiger partial charge in [-0.2, -0.15) is 0 Å². The van der Waals surface area contributed by atoms with E-state index in [2.05, 4.69) is 41.5 Å². The minimum atomic E-state index is -4.96. The van der Waals surface area contributed by atoms with Gasteiger partial charge in [0.1, 0.15) is 19.3 Å². The Morgan fingerprint density at radius 3 is 0.768 bits per heavy atom. The lowest BCUT2D eigenvalue weighted by molar-refractivity contribution is -0.161. The molecule has 0 saturated carbocycles. The zero-order chi connectivity index (χ0) is 72.8. The summed E-state index contributed by atoms with van der Waals surface area (Å²) in [5.41, 5.74) is 0. The molecule has 3 unspecified atom stereocenters. The van der Waals surface area contributed by atoms with Crippen LogP contribution in [0.4, 0.5) is 0 Å². The number of phosphoric acid groups is 2. The molecule has 99 heavy (non-hydrogen) atoms. The monoisotopic (exact) mass is 1450 g/mol. The fourth-order valence-electron chi connectivity index (χ4n) is 12.3. The first-order valence-electron chi connectivity index (χ1n) is 41.5. The quantitative estimate of drug-likeness (QED) is 0.0222. The minimum Gasteiger partial charge on any atom is -0.462 e.